The average Bonchev–Trinajstić information content (AvgIpc) is 3.21. The highest BCUT2D eigenvalue weighted by molar-refractivity contribution is 9.10. The maximum atomic E-state index is 12.5. The summed E-state index contributed by atoms with van der Waals surface area (Å²) < 4.78 is 17.3. The number of benzene rings is 3. The highest BCUT2D eigenvalue weighted by atomic mass is 79.9. The lowest BCUT2D eigenvalue weighted by atomic mass is 10.1. The third kappa shape index (κ3) is 5.85. The maximum Gasteiger partial charge on any atom is 0.264 e. The Morgan fingerprint density at radius 1 is 1.11 bits per heavy atom. The smallest absolute Gasteiger partial charge is 0.264 e. The number of hydrogen-bond donors (Lipinski definition) is 1. The Bertz CT molecular complexity index is 1360. The van der Waals surface area contributed by atoms with Crippen molar-refractivity contribution in [3.05, 3.63) is 86.7 Å². The normalized spacial score (nSPS) is 15.1. The number of halogens is 1. The molecule has 1 N–H and O–H groups in total. The molecule has 3 aromatic rings. The number of methoxy groups -OCH3 is 2. The predicted molar refractivity (Wildman–Crippen MR) is 140 cm³/mol. The summed E-state index contributed by atoms with van der Waals surface area (Å²) in [5.74, 6) is 1.51. The van der Waals surface area contributed by atoms with E-state index in [1.807, 2.05) is 48.5 Å². The van der Waals surface area contributed by atoms with Crippen LogP contribution in [0.3, 0.4) is 0 Å². The summed E-state index contributed by atoms with van der Waals surface area (Å²) in [5.41, 5.74) is 2.79. The van der Waals surface area contributed by atoms with Gasteiger partial charge in [0.2, 0.25) is 0 Å². The molecular weight excluding hydrogens is 530 g/mol. The van der Waals surface area contributed by atoms with Crippen molar-refractivity contribution < 1.29 is 19.0 Å². The first kappa shape index (κ1) is 24.4. The minimum Gasteiger partial charge on any atom is -0.497 e. The van der Waals surface area contributed by atoms with Crippen molar-refractivity contribution in [3.8, 4) is 23.3 Å². The van der Waals surface area contributed by atoms with Gasteiger partial charge >= 0.3 is 0 Å². The molecule has 1 fully saturated rings. The molecule has 7 nitrogen and oxygen atoms in total. The number of carbonyl (C=O) groups excluding carboxylic acids is 1. The number of aliphatic imine (C=N–C) groups is 1. The number of thioether (sulfide) groups is 1. The van der Waals surface area contributed by atoms with Crippen LogP contribution < -0.4 is 19.5 Å². The van der Waals surface area contributed by atoms with E-state index < -0.39 is 0 Å². The maximum absolute atomic E-state index is 12.5. The number of rotatable bonds is 7. The van der Waals surface area contributed by atoms with E-state index in [1.165, 1.54) is 11.8 Å². The van der Waals surface area contributed by atoms with Crippen molar-refractivity contribution >= 4 is 50.5 Å². The Morgan fingerprint density at radius 2 is 1.89 bits per heavy atom. The number of amides is 1. The van der Waals surface area contributed by atoms with Crippen molar-refractivity contribution in [2.75, 3.05) is 14.2 Å². The Labute approximate surface area is 215 Å². The van der Waals surface area contributed by atoms with Crippen LogP contribution in [0.4, 0.5) is 5.69 Å². The molecule has 0 radical (unpaired) electrons. The second kappa shape index (κ2) is 11.1. The molecule has 0 bridgehead atoms. The van der Waals surface area contributed by atoms with E-state index in [1.54, 1.807) is 32.4 Å². The molecule has 1 aliphatic heterocycles. The molecule has 0 aliphatic carbocycles. The van der Waals surface area contributed by atoms with E-state index in [2.05, 4.69) is 32.3 Å². The van der Waals surface area contributed by atoms with Crippen LogP contribution in [0.25, 0.3) is 6.08 Å². The molecule has 9 heteroatoms. The zero-order valence-electron chi connectivity index (χ0n) is 18.9. The molecule has 1 amide bonds. The average molecular weight is 550 g/mol. The summed E-state index contributed by atoms with van der Waals surface area (Å²) in [6.45, 7) is 0.211. The minimum atomic E-state index is -0.231. The summed E-state index contributed by atoms with van der Waals surface area (Å²) in [5, 5.41) is 12.6. The lowest BCUT2D eigenvalue weighted by Gasteiger charge is -2.14. The topological polar surface area (TPSA) is 92.9 Å². The predicted octanol–water partition coefficient (Wildman–Crippen LogP) is 5.81. The molecule has 35 heavy (non-hydrogen) atoms. The number of nitrogens with one attached hydrogen (secondary N) is 1. The van der Waals surface area contributed by atoms with E-state index in [0.29, 0.717) is 37.3 Å². The first-order chi connectivity index (χ1) is 17.0. The zero-order chi connectivity index (χ0) is 24.8. The fraction of sp³-hybridized carbons (Fsp3) is 0.115. The standard InChI is InChI=1S/C26H20BrN3O4S/c1-32-20-9-7-19(8-10-20)29-26-30-25(31)23(35-26)13-16-11-21(27)24(22(12-16)33-2)34-15-18-6-4-3-5-17(18)14-28/h3-13H,15H2,1-2H3,(H,29,30,31)/b23-13+. The quantitative estimate of drug-likeness (QED) is 0.374. The molecular formula is C26H20BrN3O4S. The Kier molecular flexibility index (Phi) is 7.75. The van der Waals surface area contributed by atoms with Gasteiger partial charge in [-0.2, -0.15) is 5.26 Å². The van der Waals surface area contributed by atoms with Gasteiger partial charge < -0.3 is 19.5 Å². The van der Waals surface area contributed by atoms with E-state index in [-0.39, 0.29) is 12.5 Å². The van der Waals surface area contributed by atoms with Gasteiger partial charge in [0.25, 0.3) is 5.91 Å². The van der Waals surface area contributed by atoms with Crippen molar-refractivity contribution in [2.24, 2.45) is 4.99 Å². The zero-order valence-corrected chi connectivity index (χ0v) is 21.3. The third-order valence-corrected chi connectivity index (χ3v) is 6.51. The van der Waals surface area contributed by atoms with Gasteiger partial charge in [-0.15, -0.1) is 0 Å². The van der Waals surface area contributed by atoms with Gasteiger partial charge in [0, 0.05) is 5.56 Å². The van der Waals surface area contributed by atoms with Gasteiger partial charge in [0.05, 0.1) is 40.9 Å². The van der Waals surface area contributed by atoms with Gasteiger partial charge in [-0.05, 0) is 81.8 Å². The second-order valence-corrected chi connectivity index (χ2v) is 9.16. The first-order valence-corrected chi connectivity index (χ1v) is 12.0. The fourth-order valence-electron chi connectivity index (χ4n) is 3.27. The highest BCUT2D eigenvalue weighted by Crippen LogP contribution is 2.39. The number of carbonyl (C=O) groups is 1. The van der Waals surface area contributed by atoms with E-state index in [9.17, 15) is 10.1 Å². The lowest BCUT2D eigenvalue weighted by Crippen LogP contribution is -2.19. The number of nitrogens with zero attached hydrogens (tertiary/aromatic N) is 2. The molecule has 1 saturated heterocycles. The third-order valence-electron chi connectivity index (χ3n) is 5.01. The van der Waals surface area contributed by atoms with Crippen LogP contribution in [0, 0.1) is 11.3 Å². The number of hydrogen-bond acceptors (Lipinski definition) is 7. The molecule has 0 spiro atoms. The molecule has 3 aromatic carbocycles. The first-order valence-electron chi connectivity index (χ1n) is 10.4. The van der Waals surface area contributed by atoms with E-state index in [0.717, 1.165) is 16.9 Å². The molecule has 0 unspecified atom stereocenters. The van der Waals surface area contributed by atoms with E-state index >= 15 is 0 Å². The monoisotopic (exact) mass is 549 g/mol. The lowest BCUT2D eigenvalue weighted by molar-refractivity contribution is -0.115. The van der Waals surface area contributed by atoms with Crippen LogP contribution in [0.5, 0.6) is 17.2 Å². The second-order valence-electron chi connectivity index (χ2n) is 7.27. The van der Waals surface area contributed by atoms with Crippen LogP contribution in [0.15, 0.2) is 75.0 Å². The number of nitriles is 1. The summed E-state index contributed by atoms with van der Waals surface area (Å²) >= 11 is 4.79. The summed E-state index contributed by atoms with van der Waals surface area (Å²) in [6.07, 6.45) is 1.76. The minimum absolute atomic E-state index is 0.211. The van der Waals surface area contributed by atoms with Gasteiger partial charge in [-0.25, -0.2) is 4.99 Å². The molecule has 1 heterocycles. The van der Waals surface area contributed by atoms with Crippen LogP contribution in [-0.2, 0) is 11.4 Å². The van der Waals surface area contributed by atoms with Crippen molar-refractivity contribution in [1.82, 2.24) is 5.32 Å². The van der Waals surface area contributed by atoms with Crippen LogP contribution >= 0.6 is 27.7 Å². The largest absolute Gasteiger partial charge is 0.497 e. The fourth-order valence-corrected chi connectivity index (χ4v) is 4.69. The SMILES string of the molecule is COc1ccc(N=C2NC(=O)/C(=C\c3cc(Br)c(OCc4ccccc4C#N)c(OC)c3)S2)cc1. The molecule has 0 atom stereocenters. The summed E-state index contributed by atoms with van der Waals surface area (Å²) in [7, 11) is 3.15. The number of ether oxygens (including phenoxy) is 3. The Balaban J connectivity index is 1.53. The highest BCUT2D eigenvalue weighted by Gasteiger charge is 2.24. The van der Waals surface area contributed by atoms with Gasteiger partial charge in [0.1, 0.15) is 12.4 Å². The van der Waals surface area contributed by atoms with Crippen molar-refractivity contribution in [3.63, 3.8) is 0 Å². The van der Waals surface area contributed by atoms with Gasteiger partial charge in [-0.1, -0.05) is 18.2 Å². The Morgan fingerprint density at radius 3 is 2.60 bits per heavy atom. The van der Waals surface area contributed by atoms with Crippen LogP contribution in [0.1, 0.15) is 16.7 Å². The molecule has 0 saturated carbocycles. The summed E-state index contributed by atoms with van der Waals surface area (Å²) in [4.78, 5) is 17.5. The molecule has 176 valence electrons. The number of amidine groups is 1. The van der Waals surface area contributed by atoms with Gasteiger partial charge in [-0.3, -0.25) is 4.79 Å². The van der Waals surface area contributed by atoms with Crippen molar-refractivity contribution in [1.29, 1.82) is 5.26 Å². The van der Waals surface area contributed by atoms with Crippen LogP contribution in [-0.4, -0.2) is 25.3 Å². The summed E-state index contributed by atoms with van der Waals surface area (Å²) in [6, 6.07) is 20.3. The molecule has 4 rings (SSSR count). The van der Waals surface area contributed by atoms with Gasteiger partial charge in [0.15, 0.2) is 16.7 Å². The molecule has 0 aromatic heterocycles. The van der Waals surface area contributed by atoms with E-state index in [4.69, 9.17) is 14.2 Å². The van der Waals surface area contributed by atoms with Crippen LogP contribution in [0.2, 0.25) is 0 Å². The Hall–Kier alpha value is -3.74. The van der Waals surface area contributed by atoms with Crippen molar-refractivity contribution in [2.45, 2.75) is 6.61 Å². The molecule has 1 aliphatic rings.